The molecule has 0 saturated carbocycles. The summed E-state index contributed by atoms with van der Waals surface area (Å²) >= 11 is 0. The normalized spacial score (nSPS) is 18.6. The van der Waals surface area contributed by atoms with Crippen LogP contribution in [0.2, 0.25) is 0 Å². The molecule has 2 heterocycles. The molecule has 34 heavy (non-hydrogen) atoms. The van der Waals surface area contributed by atoms with E-state index in [1.54, 1.807) is 12.4 Å². The first-order valence-electron chi connectivity index (χ1n) is 11.3. The van der Waals surface area contributed by atoms with Gasteiger partial charge in [-0.25, -0.2) is 13.2 Å². The number of halogens is 3. The molecule has 0 bridgehead atoms. The highest BCUT2D eigenvalue weighted by Crippen LogP contribution is 2.42. The second kappa shape index (κ2) is 9.25. The fourth-order valence-corrected chi connectivity index (χ4v) is 4.80. The number of benzene rings is 2. The van der Waals surface area contributed by atoms with Gasteiger partial charge in [0, 0.05) is 36.3 Å². The Bertz CT molecular complexity index is 1170. The second-order valence-corrected chi connectivity index (χ2v) is 9.61. The van der Waals surface area contributed by atoms with E-state index in [1.807, 2.05) is 30.0 Å². The molecule has 0 saturated heterocycles. The molecule has 3 aromatic rings. The van der Waals surface area contributed by atoms with Crippen LogP contribution in [0, 0.1) is 11.6 Å². The Morgan fingerprint density at radius 3 is 2.50 bits per heavy atom. The Morgan fingerprint density at radius 2 is 1.91 bits per heavy atom. The number of fused-ring (bicyclic) bond motifs is 1. The average Bonchev–Trinajstić information content (AvgIpc) is 3.27. The lowest BCUT2D eigenvalue weighted by Crippen LogP contribution is -2.48. The molecule has 2 atom stereocenters. The number of aromatic amines is 1. The summed E-state index contributed by atoms with van der Waals surface area (Å²) in [6.45, 7) is 4.84. The van der Waals surface area contributed by atoms with Gasteiger partial charge in [-0.3, -0.25) is 14.8 Å². The Morgan fingerprint density at radius 1 is 1.21 bits per heavy atom. The van der Waals surface area contributed by atoms with Crippen molar-refractivity contribution in [2.24, 2.45) is 0 Å². The number of aliphatic carboxylic acids is 1. The summed E-state index contributed by atoms with van der Waals surface area (Å²) in [5.41, 5.74) is 2.06. The molecule has 180 valence electrons. The third-order valence-electron chi connectivity index (χ3n) is 6.28. The number of carbonyl (C=O) groups is 1. The molecular formula is C26H28F3N3O2. The number of nitrogens with zero attached hydrogens (tertiary/aromatic N) is 2. The van der Waals surface area contributed by atoms with Crippen LogP contribution in [-0.2, 0) is 17.6 Å². The predicted octanol–water partition coefficient (Wildman–Crippen LogP) is 5.46. The minimum absolute atomic E-state index is 0.00139. The SMILES string of the molecule is CC1Cc2cc(-c3cn[nH]c3)ccc2C(c2c(F)cc(CCC(=O)O)cc2F)N1CC(C)(C)F. The predicted molar refractivity (Wildman–Crippen MR) is 123 cm³/mol. The van der Waals surface area contributed by atoms with Crippen molar-refractivity contribution in [2.45, 2.75) is 57.8 Å². The highest BCUT2D eigenvalue weighted by atomic mass is 19.1. The summed E-state index contributed by atoms with van der Waals surface area (Å²) < 4.78 is 45.7. The third-order valence-corrected chi connectivity index (χ3v) is 6.28. The lowest BCUT2D eigenvalue weighted by atomic mass is 9.82. The first-order chi connectivity index (χ1) is 16.0. The van der Waals surface area contributed by atoms with Crippen molar-refractivity contribution in [3.05, 3.63) is 76.6 Å². The van der Waals surface area contributed by atoms with Crippen molar-refractivity contribution in [3.63, 3.8) is 0 Å². The van der Waals surface area contributed by atoms with E-state index in [0.717, 1.165) is 22.3 Å². The zero-order valence-electron chi connectivity index (χ0n) is 19.4. The molecule has 0 aliphatic carbocycles. The van der Waals surface area contributed by atoms with Crippen LogP contribution < -0.4 is 0 Å². The first kappa shape index (κ1) is 24.0. The zero-order chi connectivity index (χ0) is 24.6. The topological polar surface area (TPSA) is 69.2 Å². The highest BCUT2D eigenvalue weighted by Gasteiger charge is 2.39. The maximum absolute atomic E-state index is 15.4. The number of carboxylic acid groups (broad SMARTS) is 1. The number of nitrogens with one attached hydrogen (secondary N) is 1. The van der Waals surface area contributed by atoms with Crippen LogP contribution in [0.5, 0.6) is 0 Å². The third kappa shape index (κ3) is 5.01. The van der Waals surface area contributed by atoms with Crippen LogP contribution in [0.15, 0.2) is 42.7 Å². The Labute approximate surface area is 196 Å². The maximum atomic E-state index is 15.4. The fourth-order valence-electron chi connectivity index (χ4n) is 4.80. The van der Waals surface area contributed by atoms with Gasteiger partial charge in [-0.2, -0.15) is 5.10 Å². The van der Waals surface area contributed by atoms with Gasteiger partial charge in [-0.05, 0) is 68.0 Å². The highest BCUT2D eigenvalue weighted by molar-refractivity contribution is 5.67. The Hall–Kier alpha value is -3.13. The van der Waals surface area contributed by atoms with E-state index in [1.165, 1.54) is 26.0 Å². The molecule has 0 radical (unpaired) electrons. The summed E-state index contributed by atoms with van der Waals surface area (Å²) in [4.78, 5) is 12.7. The summed E-state index contributed by atoms with van der Waals surface area (Å²) in [6.07, 6.45) is 3.89. The van der Waals surface area contributed by atoms with Crippen molar-refractivity contribution in [2.75, 3.05) is 6.54 Å². The van der Waals surface area contributed by atoms with Gasteiger partial charge in [0.2, 0.25) is 0 Å². The molecule has 1 aliphatic rings. The lowest BCUT2D eigenvalue weighted by Gasteiger charge is -2.44. The standard InChI is InChI=1S/C26H28F3N3O2/c1-15-8-18-11-17(19-12-30-31-13-19)5-6-20(18)25(32(15)14-26(2,3)29)24-21(27)9-16(10-22(24)28)4-7-23(33)34/h5-6,9-13,15,25H,4,7-8,14H2,1-3H3,(H,30,31)(H,33,34). The number of rotatable bonds is 7. The molecule has 2 aromatic carbocycles. The van der Waals surface area contributed by atoms with Crippen molar-refractivity contribution >= 4 is 5.97 Å². The molecular weight excluding hydrogens is 443 g/mol. The molecule has 1 aromatic heterocycles. The second-order valence-electron chi connectivity index (χ2n) is 9.61. The van der Waals surface area contributed by atoms with Crippen molar-refractivity contribution in [1.29, 1.82) is 0 Å². The van der Waals surface area contributed by atoms with Crippen LogP contribution in [-0.4, -0.2) is 44.4 Å². The smallest absolute Gasteiger partial charge is 0.303 e. The van der Waals surface area contributed by atoms with Crippen LogP contribution in [0.25, 0.3) is 11.1 Å². The van der Waals surface area contributed by atoms with Crippen LogP contribution in [0.1, 0.15) is 55.5 Å². The van der Waals surface area contributed by atoms with E-state index < -0.39 is 29.3 Å². The van der Waals surface area contributed by atoms with E-state index in [4.69, 9.17) is 5.11 Å². The number of aromatic nitrogens is 2. The van der Waals surface area contributed by atoms with Gasteiger partial charge in [0.25, 0.3) is 0 Å². The molecule has 8 heteroatoms. The average molecular weight is 472 g/mol. The van der Waals surface area contributed by atoms with Gasteiger partial charge >= 0.3 is 5.97 Å². The summed E-state index contributed by atoms with van der Waals surface area (Å²) in [7, 11) is 0. The molecule has 5 nitrogen and oxygen atoms in total. The van der Waals surface area contributed by atoms with E-state index in [9.17, 15) is 9.18 Å². The molecule has 0 spiro atoms. The number of carboxylic acids is 1. The monoisotopic (exact) mass is 471 g/mol. The molecule has 0 fully saturated rings. The van der Waals surface area contributed by atoms with Gasteiger partial charge in [0.15, 0.2) is 0 Å². The van der Waals surface area contributed by atoms with Gasteiger partial charge in [0.05, 0.1) is 12.2 Å². The number of hydrogen-bond donors (Lipinski definition) is 2. The minimum Gasteiger partial charge on any atom is -0.481 e. The number of aryl methyl sites for hydroxylation is 1. The molecule has 4 rings (SSSR count). The van der Waals surface area contributed by atoms with Crippen molar-refractivity contribution in [1.82, 2.24) is 15.1 Å². The first-order valence-corrected chi connectivity index (χ1v) is 11.3. The lowest BCUT2D eigenvalue weighted by molar-refractivity contribution is -0.136. The van der Waals surface area contributed by atoms with E-state index in [-0.39, 0.29) is 36.6 Å². The van der Waals surface area contributed by atoms with Gasteiger partial charge in [-0.1, -0.05) is 18.2 Å². The number of hydrogen-bond acceptors (Lipinski definition) is 3. The number of alkyl halides is 1. The summed E-state index contributed by atoms with van der Waals surface area (Å²) in [5, 5.41) is 15.7. The zero-order valence-corrected chi connectivity index (χ0v) is 19.4. The Balaban J connectivity index is 1.83. The van der Waals surface area contributed by atoms with E-state index in [0.29, 0.717) is 6.42 Å². The van der Waals surface area contributed by atoms with Gasteiger partial charge in [-0.15, -0.1) is 0 Å². The van der Waals surface area contributed by atoms with Gasteiger partial charge in [0.1, 0.15) is 17.3 Å². The van der Waals surface area contributed by atoms with E-state index >= 15 is 8.78 Å². The molecule has 2 unspecified atom stereocenters. The van der Waals surface area contributed by atoms with Crippen LogP contribution in [0.3, 0.4) is 0 Å². The number of H-pyrrole nitrogens is 1. The van der Waals surface area contributed by atoms with Crippen LogP contribution >= 0.6 is 0 Å². The quantitative estimate of drug-likeness (QED) is 0.480. The molecule has 0 amide bonds. The molecule has 1 aliphatic heterocycles. The fraction of sp³-hybridized carbons (Fsp3) is 0.385. The maximum Gasteiger partial charge on any atom is 0.303 e. The minimum atomic E-state index is -1.57. The van der Waals surface area contributed by atoms with Crippen molar-refractivity contribution < 1.29 is 23.1 Å². The van der Waals surface area contributed by atoms with Crippen molar-refractivity contribution in [3.8, 4) is 11.1 Å². The summed E-state index contributed by atoms with van der Waals surface area (Å²) in [6, 6.07) is 7.13. The van der Waals surface area contributed by atoms with Crippen LogP contribution in [0.4, 0.5) is 13.2 Å². The Kier molecular flexibility index (Phi) is 6.53. The summed E-state index contributed by atoms with van der Waals surface area (Å²) in [5.74, 6) is -2.55. The van der Waals surface area contributed by atoms with Gasteiger partial charge < -0.3 is 5.11 Å². The molecule has 2 N–H and O–H groups in total. The van der Waals surface area contributed by atoms with E-state index in [2.05, 4.69) is 10.2 Å². The largest absolute Gasteiger partial charge is 0.481 e.